The monoisotopic (exact) mass is 182 g/mol. The normalized spacial score (nSPS) is 15.4. The molecule has 0 aromatic carbocycles. The van der Waals surface area contributed by atoms with Crippen LogP contribution in [-0.2, 0) is 10.3 Å². The molecule has 0 fully saturated rings. The molecule has 11 heavy (non-hydrogen) atoms. The van der Waals surface area contributed by atoms with Crippen molar-refractivity contribution >= 4 is 10.3 Å². The molecule has 6 heteroatoms. The zero-order chi connectivity index (χ0) is 9.07. The molecule has 68 valence electrons. The van der Waals surface area contributed by atoms with Crippen LogP contribution in [0.25, 0.3) is 0 Å². The second-order valence-corrected chi connectivity index (χ2v) is 3.82. The highest BCUT2D eigenvalue weighted by Crippen LogP contribution is 2.02. The average molecular weight is 182 g/mol. The fourth-order valence-electron chi connectivity index (χ4n) is 0.649. The van der Waals surface area contributed by atoms with E-state index in [1.807, 2.05) is 6.92 Å². The van der Waals surface area contributed by atoms with E-state index in [9.17, 15) is 8.42 Å². The molecule has 0 saturated heterocycles. The first-order valence-electron chi connectivity index (χ1n) is 3.35. The highest BCUT2D eigenvalue weighted by Gasteiger charge is 2.19. The lowest BCUT2D eigenvalue weighted by molar-refractivity contribution is 0.314. The van der Waals surface area contributed by atoms with Crippen LogP contribution in [0.15, 0.2) is 0 Å². The average Bonchev–Trinajstić information content (AvgIpc) is 1.85. The molecule has 1 atom stereocenters. The first-order valence-corrected chi connectivity index (χ1v) is 4.75. The second kappa shape index (κ2) is 4.01. The molecule has 0 rings (SSSR count). The molecule has 0 bridgehead atoms. The molecule has 0 radical (unpaired) electrons. The first kappa shape index (κ1) is 10.8. The molecule has 0 saturated carbocycles. The van der Waals surface area contributed by atoms with E-state index >= 15 is 0 Å². The van der Waals surface area contributed by atoms with Crippen LogP contribution in [0.3, 0.4) is 0 Å². The van der Waals surface area contributed by atoms with E-state index in [0.29, 0.717) is 6.42 Å². The van der Waals surface area contributed by atoms with Crippen LogP contribution in [0.4, 0.5) is 0 Å². The van der Waals surface area contributed by atoms with Crippen molar-refractivity contribution in [2.45, 2.75) is 25.9 Å². The van der Waals surface area contributed by atoms with Crippen molar-refractivity contribution < 1.29 is 13.0 Å². The van der Waals surface area contributed by atoms with Crippen molar-refractivity contribution in [2.24, 2.45) is 5.73 Å². The van der Waals surface area contributed by atoms with Gasteiger partial charge in [0.25, 0.3) is 0 Å². The topological polar surface area (TPSA) is 83.6 Å². The van der Waals surface area contributed by atoms with Crippen molar-refractivity contribution in [3.63, 3.8) is 0 Å². The Bertz CT molecular complexity index is 202. The third kappa shape index (κ3) is 3.66. The molecule has 0 aliphatic heterocycles. The molecule has 1 unspecified atom stereocenters. The summed E-state index contributed by atoms with van der Waals surface area (Å²) in [6.45, 7) is 1.89. The summed E-state index contributed by atoms with van der Waals surface area (Å²) in [4.78, 5) is 0. The number of hydrogen-bond acceptors (Lipinski definition) is 3. The van der Waals surface area contributed by atoms with Gasteiger partial charge < -0.3 is 5.73 Å². The molecule has 0 aliphatic rings. The lowest BCUT2D eigenvalue weighted by atomic mass is 10.3. The van der Waals surface area contributed by atoms with Gasteiger partial charge in [-0.25, -0.2) is 0 Å². The van der Waals surface area contributed by atoms with E-state index in [0.717, 1.165) is 10.7 Å². The standard InChI is InChI=1S/C5H14N2O3S/c1-3-4-5(6)7(2)11(8,9)10/h5H,3-4,6H2,1-2H3,(H,8,9,10). The van der Waals surface area contributed by atoms with Gasteiger partial charge in [-0.3, -0.25) is 4.55 Å². The summed E-state index contributed by atoms with van der Waals surface area (Å²) < 4.78 is 30.1. The van der Waals surface area contributed by atoms with Crippen molar-refractivity contribution in [1.82, 2.24) is 4.31 Å². The van der Waals surface area contributed by atoms with Crippen LogP contribution in [0, 0.1) is 0 Å². The Kier molecular flexibility index (Phi) is 3.95. The number of nitrogens with two attached hydrogens (primary N) is 1. The highest BCUT2D eigenvalue weighted by molar-refractivity contribution is 7.83. The van der Waals surface area contributed by atoms with E-state index in [2.05, 4.69) is 0 Å². The predicted octanol–water partition coefficient (Wildman–Crippen LogP) is -0.194. The molecule has 3 N–H and O–H groups in total. The van der Waals surface area contributed by atoms with E-state index in [4.69, 9.17) is 10.3 Å². The SMILES string of the molecule is CCCC(N)N(C)S(=O)(=O)O. The summed E-state index contributed by atoms with van der Waals surface area (Å²) in [7, 11) is -2.87. The fraction of sp³-hybridized carbons (Fsp3) is 1.00. The van der Waals surface area contributed by atoms with Crippen LogP contribution in [-0.4, -0.2) is 30.5 Å². The molecular formula is C5H14N2O3S. The maximum absolute atomic E-state index is 10.4. The molecule has 0 amide bonds. The quantitative estimate of drug-likeness (QED) is 0.466. The van der Waals surface area contributed by atoms with Crippen LogP contribution in [0.5, 0.6) is 0 Å². The summed E-state index contributed by atoms with van der Waals surface area (Å²) in [6.07, 6.45) is 0.687. The van der Waals surface area contributed by atoms with Gasteiger partial charge in [0, 0.05) is 7.05 Å². The van der Waals surface area contributed by atoms with E-state index in [-0.39, 0.29) is 0 Å². The van der Waals surface area contributed by atoms with Crippen LogP contribution >= 0.6 is 0 Å². The van der Waals surface area contributed by atoms with Gasteiger partial charge in [0.2, 0.25) is 0 Å². The molecule has 0 aromatic heterocycles. The van der Waals surface area contributed by atoms with Gasteiger partial charge in [-0.15, -0.1) is 0 Å². The van der Waals surface area contributed by atoms with Gasteiger partial charge in [0.1, 0.15) is 0 Å². The van der Waals surface area contributed by atoms with Gasteiger partial charge >= 0.3 is 10.3 Å². The molecule has 5 nitrogen and oxygen atoms in total. The van der Waals surface area contributed by atoms with E-state index < -0.39 is 16.5 Å². The minimum absolute atomic E-state index is 0.538. The summed E-state index contributed by atoms with van der Waals surface area (Å²) in [5, 5.41) is 0. The number of rotatable bonds is 4. The van der Waals surface area contributed by atoms with Gasteiger partial charge in [-0.1, -0.05) is 13.3 Å². The molecule has 0 aliphatic carbocycles. The van der Waals surface area contributed by atoms with Gasteiger partial charge in [-0.2, -0.15) is 12.7 Å². The van der Waals surface area contributed by atoms with Gasteiger partial charge in [-0.05, 0) is 6.42 Å². The van der Waals surface area contributed by atoms with Gasteiger partial charge in [0.05, 0.1) is 6.17 Å². The highest BCUT2D eigenvalue weighted by atomic mass is 32.2. The van der Waals surface area contributed by atoms with Crippen LogP contribution in [0.2, 0.25) is 0 Å². The molecule has 0 aromatic rings. The minimum atomic E-state index is -4.12. The van der Waals surface area contributed by atoms with Crippen molar-refractivity contribution in [3.8, 4) is 0 Å². The van der Waals surface area contributed by atoms with Crippen LogP contribution in [0.1, 0.15) is 19.8 Å². The second-order valence-electron chi connectivity index (χ2n) is 2.35. The van der Waals surface area contributed by atoms with Crippen molar-refractivity contribution in [3.05, 3.63) is 0 Å². The fourth-order valence-corrected chi connectivity index (χ4v) is 1.10. The Morgan fingerprint density at radius 3 is 2.36 bits per heavy atom. The molecule has 0 spiro atoms. The minimum Gasteiger partial charge on any atom is -0.315 e. The summed E-state index contributed by atoms with van der Waals surface area (Å²) in [5.74, 6) is 0. The van der Waals surface area contributed by atoms with Crippen molar-refractivity contribution in [2.75, 3.05) is 7.05 Å². The Morgan fingerprint density at radius 2 is 2.09 bits per heavy atom. The molecular weight excluding hydrogens is 168 g/mol. The number of hydrogen-bond donors (Lipinski definition) is 2. The largest absolute Gasteiger partial charge is 0.337 e. The maximum Gasteiger partial charge on any atom is 0.337 e. The Balaban J connectivity index is 4.14. The van der Waals surface area contributed by atoms with E-state index in [1.54, 1.807) is 0 Å². The summed E-state index contributed by atoms with van der Waals surface area (Å²) in [6, 6.07) is 0. The third-order valence-electron chi connectivity index (χ3n) is 1.42. The third-order valence-corrected chi connectivity index (χ3v) is 2.41. The number of nitrogens with zero attached hydrogens (tertiary/aromatic N) is 1. The Hall–Kier alpha value is -0.170. The van der Waals surface area contributed by atoms with Crippen LogP contribution < -0.4 is 5.73 Å². The zero-order valence-electron chi connectivity index (χ0n) is 6.69. The Morgan fingerprint density at radius 1 is 1.64 bits per heavy atom. The molecule has 0 heterocycles. The van der Waals surface area contributed by atoms with E-state index in [1.165, 1.54) is 7.05 Å². The lowest BCUT2D eigenvalue weighted by Crippen LogP contribution is -2.42. The summed E-state index contributed by atoms with van der Waals surface area (Å²) >= 11 is 0. The zero-order valence-corrected chi connectivity index (χ0v) is 7.50. The van der Waals surface area contributed by atoms with Gasteiger partial charge in [0.15, 0.2) is 0 Å². The van der Waals surface area contributed by atoms with Crippen molar-refractivity contribution in [1.29, 1.82) is 0 Å². The smallest absolute Gasteiger partial charge is 0.315 e. The first-order chi connectivity index (χ1) is 4.89. The maximum atomic E-state index is 10.4. The Labute approximate surface area is 67.1 Å². The predicted molar refractivity (Wildman–Crippen MR) is 42.2 cm³/mol. The lowest BCUT2D eigenvalue weighted by Gasteiger charge is -2.19. The summed E-state index contributed by atoms with van der Waals surface area (Å²) in [5.41, 5.74) is 5.40.